The van der Waals surface area contributed by atoms with Crippen LogP contribution in [0.15, 0.2) is 71.4 Å². The molecule has 0 spiro atoms. The molecule has 5 rings (SSSR count). The molecule has 0 saturated carbocycles. The van der Waals surface area contributed by atoms with E-state index in [1.807, 2.05) is 48.5 Å². The van der Waals surface area contributed by atoms with Gasteiger partial charge in [0, 0.05) is 49.7 Å². The number of benzene rings is 2. The molecule has 0 bridgehead atoms. The first-order chi connectivity index (χ1) is 15.7. The largest absolute Gasteiger partial charge is 0.497 e. The summed E-state index contributed by atoms with van der Waals surface area (Å²) in [4.78, 5) is 13.9. The predicted octanol–water partition coefficient (Wildman–Crippen LogP) is 4.44. The molecule has 2 aromatic carbocycles. The van der Waals surface area contributed by atoms with Crippen molar-refractivity contribution in [2.75, 3.05) is 43.1 Å². The van der Waals surface area contributed by atoms with Gasteiger partial charge >= 0.3 is 0 Å². The Hall–Kier alpha value is -3.87. The zero-order valence-corrected chi connectivity index (χ0v) is 18.2. The Morgan fingerprint density at radius 1 is 0.875 bits per heavy atom. The fourth-order valence-electron chi connectivity index (χ4n) is 3.86. The Labute approximate surface area is 187 Å². The van der Waals surface area contributed by atoms with Crippen LogP contribution in [0.2, 0.25) is 0 Å². The van der Waals surface area contributed by atoms with Crippen molar-refractivity contribution < 1.29 is 9.26 Å². The third-order valence-corrected chi connectivity index (χ3v) is 5.75. The van der Waals surface area contributed by atoms with Crippen molar-refractivity contribution in [3.05, 3.63) is 72.4 Å². The lowest BCUT2D eigenvalue weighted by Crippen LogP contribution is -2.46. The molecule has 0 unspecified atom stereocenters. The molecule has 4 aromatic rings. The van der Waals surface area contributed by atoms with E-state index in [-0.39, 0.29) is 0 Å². The van der Waals surface area contributed by atoms with Gasteiger partial charge in [0.2, 0.25) is 5.82 Å². The number of pyridine rings is 1. The number of anilines is 2. The number of aryl methyl sites for hydroxylation is 1. The van der Waals surface area contributed by atoms with Crippen LogP contribution in [0.1, 0.15) is 5.56 Å². The third kappa shape index (κ3) is 4.14. The van der Waals surface area contributed by atoms with Gasteiger partial charge in [-0.25, -0.2) is 4.98 Å². The minimum absolute atomic E-state index is 0.475. The molecule has 3 heterocycles. The summed E-state index contributed by atoms with van der Waals surface area (Å²) in [7, 11) is 1.70. The molecule has 0 radical (unpaired) electrons. The second-order valence-electron chi connectivity index (χ2n) is 7.87. The lowest BCUT2D eigenvalue weighted by molar-refractivity contribution is 0.414. The highest BCUT2D eigenvalue weighted by Gasteiger charge is 2.19. The number of nitrogens with zero attached hydrogens (tertiary/aromatic N) is 5. The highest BCUT2D eigenvalue weighted by Crippen LogP contribution is 2.26. The van der Waals surface area contributed by atoms with Crippen LogP contribution in [0.3, 0.4) is 0 Å². The number of piperazine rings is 1. The van der Waals surface area contributed by atoms with Gasteiger partial charge in [-0.15, -0.1) is 0 Å². The Balaban J connectivity index is 1.24. The summed E-state index contributed by atoms with van der Waals surface area (Å²) in [6.45, 7) is 5.72. The molecule has 7 nitrogen and oxygen atoms in total. The molecule has 0 aliphatic carbocycles. The minimum Gasteiger partial charge on any atom is -0.497 e. The number of hydrogen-bond acceptors (Lipinski definition) is 7. The Morgan fingerprint density at radius 3 is 2.34 bits per heavy atom. The number of aromatic nitrogens is 3. The summed E-state index contributed by atoms with van der Waals surface area (Å²) in [6, 6.07) is 20.3. The van der Waals surface area contributed by atoms with Crippen LogP contribution in [-0.2, 0) is 0 Å². The second-order valence-corrected chi connectivity index (χ2v) is 7.87. The van der Waals surface area contributed by atoms with Gasteiger partial charge in [-0.3, -0.25) is 0 Å². The Morgan fingerprint density at radius 2 is 1.62 bits per heavy atom. The summed E-state index contributed by atoms with van der Waals surface area (Å²) in [5.74, 6) is 2.89. The van der Waals surface area contributed by atoms with Crippen molar-refractivity contribution in [2.45, 2.75) is 6.92 Å². The van der Waals surface area contributed by atoms with Crippen LogP contribution in [0.25, 0.3) is 22.8 Å². The molecule has 1 fully saturated rings. The minimum atomic E-state index is 0.475. The molecule has 0 amide bonds. The van der Waals surface area contributed by atoms with E-state index in [2.05, 4.69) is 44.0 Å². The van der Waals surface area contributed by atoms with Gasteiger partial charge in [0.15, 0.2) is 0 Å². The second kappa shape index (κ2) is 8.70. The van der Waals surface area contributed by atoms with Crippen molar-refractivity contribution in [3.8, 4) is 28.6 Å². The van der Waals surface area contributed by atoms with Crippen molar-refractivity contribution >= 4 is 11.5 Å². The fraction of sp³-hybridized carbons (Fsp3) is 0.240. The molecule has 0 atom stereocenters. The van der Waals surface area contributed by atoms with Crippen molar-refractivity contribution in [2.24, 2.45) is 0 Å². The third-order valence-electron chi connectivity index (χ3n) is 5.75. The smallest absolute Gasteiger partial charge is 0.259 e. The van der Waals surface area contributed by atoms with Gasteiger partial charge in [-0.1, -0.05) is 41.1 Å². The van der Waals surface area contributed by atoms with E-state index in [4.69, 9.17) is 9.26 Å². The van der Waals surface area contributed by atoms with Crippen LogP contribution in [-0.4, -0.2) is 48.4 Å². The van der Waals surface area contributed by atoms with E-state index >= 15 is 0 Å². The first-order valence-electron chi connectivity index (χ1n) is 10.7. The van der Waals surface area contributed by atoms with Gasteiger partial charge in [0.25, 0.3) is 5.89 Å². The predicted molar refractivity (Wildman–Crippen MR) is 125 cm³/mol. The molecule has 1 saturated heterocycles. The number of ether oxygens (including phenoxy) is 1. The molecule has 32 heavy (non-hydrogen) atoms. The molecule has 1 aliphatic heterocycles. The van der Waals surface area contributed by atoms with Gasteiger partial charge in [0.05, 0.1) is 12.7 Å². The quantitative estimate of drug-likeness (QED) is 0.466. The Kier molecular flexibility index (Phi) is 5.46. The fourth-order valence-corrected chi connectivity index (χ4v) is 3.86. The SMILES string of the molecule is COc1cccc(N2CCN(c3ccc(-c4nc(-c5ccc(C)cc5)no4)cn3)CC2)c1. The van der Waals surface area contributed by atoms with Crippen molar-refractivity contribution in [3.63, 3.8) is 0 Å². The van der Waals surface area contributed by atoms with Crippen LogP contribution in [0.4, 0.5) is 11.5 Å². The average Bonchev–Trinajstić information content (AvgIpc) is 3.35. The zero-order valence-electron chi connectivity index (χ0n) is 18.2. The van der Waals surface area contributed by atoms with Crippen molar-refractivity contribution in [1.29, 1.82) is 0 Å². The summed E-state index contributed by atoms with van der Waals surface area (Å²) in [6.07, 6.45) is 1.80. The van der Waals surface area contributed by atoms with Gasteiger partial charge in [0.1, 0.15) is 11.6 Å². The van der Waals surface area contributed by atoms with Crippen LogP contribution >= 0.6 is 0 Å². The highest BCUT2D eigenvalue weighted by molar-refractivity contribution is 5.61. The highest BCUT2D eigenvalue weighted by atomic mass is 16.5. The van der Waals surface area contributed by atoms with E-state index in [1.54, 1.807) is 13.3 Å². The molecular formula is C25H25N5O2. The van der Waals surface area contributed by atoms with E-state index in [9.17, 15) is 0 Å². The number of rotatable bonds is 5. The van der Waals surface area contributed by atoms with Crippen LogP contribution < -0.4 is 14.5 Å². The standard InChI is InChI=1S/C25H25N5O2/c1-18-6-8-19(9-7-18)24-27-25(32-28-24)20-10-11-23(26-17-20)30-14-12-29(13-15-30)21-4-3-5-22(16-21)31-2/h3-11,16-17H,12-15H2,1-2H3. The first-order valence-corrected chi connectivity index (χ1v) is 10.7. The topological polar surface area (TPSA) is 67.5 Å². The van der Waals surface area contributed by atoms with Crippen LogP contribution in [0, 0.1) is 6.92 Å². The lowest BCUT2D eigenvalue weighted by Gasteiger charge is -2.36. The molecule has 7 heteroatoms. The maximum Gasteiger partial charge on any atom is 0.259 e. The van der Waals surface area contributed by atoms with Crippen LogP contribution in [0.5, 0.6) is 5.75 Å². The maximum atomic E-state index is 5.47. The van der Waals surface area contributed by atoms with Gasteiger partial charge < -0.3 is 19.1 Å². The molecule has 2 aromatic heterocycles. The van der Waals surface area contributed by atoms with Crippen molar-refractivity contribution in [1.82, 2.24) is 15.1 Å². The summed E-state index contributed by atoms with van der Waals surface area (Å²) in [5, 5.41) is 4.12. The zero-order chi connectivity index (χ0) is 21.9. The molecular weight excluding hydrogens is 402 g/mol. The van der Waals surface area contributed by atoms with E-state index in [1.165, 1.54) is 11.3 Å². The first kappa shape index (κ1) is 20.1. The maximum absolute atomic E-state index is 5.47. The van der Waals surface area contributed by atoms with Gasteiger partial charge in [-0.2, -0.15) is 4.98 Å². The number of hydrogen-bond donors (Lipinski definition) is 0. The Bertz CT molecular complexity index is 1180. The average molecular weight is 428 g/mol. The normalized spacial score (nSPS) is 13.9. The molecule has 0 N–H and O–H groups in total. The molecule has 1 aliphatic rings. The monoisotopic (exact) mass is 427 g/mol. The lowest BCUT2D eigenvalue weighted by atomic mass is 10.1. The number of methoxy groups -OCH3 is 1. The van der Waals surface area contributed by atoms with E-state index in [0.29, 0.717) is 11.7 Å². The van der Waals surface area contributed by atoms with Gasteiger partial charge in [-0.05, 0) is 31.2 Å². The van der Waals surface area contributed by atoms with E-state index in [0.717, 1.165) is 48.9 Å². The van der Waals surface area contributed by atoms with E-state index < -0.39 is 0 Å². The summed E-state index contributed by atoms with van der Waals surface area (Å²) >= 11 is 0. The molecule has 162 valence electrons. The summed E-state index contributed by atoms with van der Waals surface area (Å²) in [5.41, 5.74) is 4.13. The summed E-state index contributed by atoms with van der Waals surface area (Å²) < 4.78 is 10.8.